The number of rotatable bonds is 6. The highest BCUT2D eigenvalue weighted by Crippen LogP contribution is 2.27. The van der Waals surface area contributed by atoms with Gasteiger partial charge in [0.2, 0.25) is 47.3 Å². The molecule has 6 aromatic rings. The van der Waals surface area contributed by atoms with Gasteiger partial charge in [0.25, 0.3) is 0 Å². The molecule has 6 heterocycles. The van der Waals surface area contributed by atoms with Crippen LogP contribution in [0.4, 0.5) is 8.78 Å². The first-order valence-corrected chi connectivity index (χ1v) is 30.8. The summed E-state index contributed by atoms with van der Waals surface area (Å²) in [6, 6.07) is 15.6. The van der Waals surface area contributed by atoms with E-state index < -0.39 is 83.3 Å². The van der Waals surface area contributed by atoms with Crippen molar-refractivity contribution in [2.45, 2.75) is 119 Å². The molecule has 9 N–H and O–H groups in total. The number of aromatic nitrogens is 2. The van der Waals surface area contributed by atoms with Crippen LogP contribution < -0.4 is 31.9 Å². The van der Waals surface area contributed by atoms with Gasteiger partial charge in [0.15, 0.2) is 0 Å². The van der Waals surface area contributed by atoms with Crippen LogP contribution >= 0.6 is 23.5 Å². The van der Waals surface area contributed by atoms with Crippen LogP contribution in [-0.2, 0) is 69.1 Å². The summed E-state index contributed by atoms with van der Waals surface area (Å²) in [5, 5.41) is 27.9. The maximum absolute atomic E-state index is 15.1. The van der Waals surface area contributed by atoms with Crippen molar-refractivity contribution in [3.05, 3.63) is 137 Å². The van der Waals surface area contributed by atoms with E-state index in [4.69, 9.17) is 0 Å². The first-order valence-electron chi connectivity index (χ1n) is 28.4. The Labute approximate surface area is 493 Å². The second-order valence-electron chi connectivity index (χ2n) is 21.6. The molecule has 4 aliphatic heterocycles. The van der Waals surface area contributed by atoms with Crippen molar-refractivity contribution in [1.29, 1.82) is 0 Å². The largest absolute Gasteiger partial charge is 0.508 e. The summed E-state index contributed by atoms with van der Waals surface area (Å²) < 4.78 is 29.4. The summed E-state index contributed by atoms with van der Waals surface area (Å²) in [5.74, 6) is -2.74. The van der Waals surface area contributed by atoms with Crippen LogP contribution in [-0.4, -0.2) is 146 Å². The van der Waals surface area contributed by atoms with Crippen molar-refractivity contribution in [1.82, 2.24) is 51.7 Å². The summed E-state index contributed by atoms with van der Waals surface area (Å²) in [6.45, 7) is 2.14. The van der Waals surface area contributed by atoms with Gasteiger partial charge in [-0.1, -0.05) is 36.4 Å². The molecule has 2 bridgehead atoms. The molecular weight excluding hydrogens is 1120 g/mol. The lowest BCUT2D eigenvalue weighted by Crippen LogP contribution is -2.59. The van der Waals surface area contributed by atoms with E-state index >= 15 is 4.79 Å². The van der Waals surface area contributed by atoms with Gasteiger partial charge in [-0.25, -0.2) is 8.78 Å². The molecule has 0 spiro atoms. The molecule has 8 amide bonds. The van der Waals surface area contributed by atoms with Crippen molar-refractivity contribution in [3.8, 4) is 5.75 Å². The Hall–Kier alpha value is -7.92. The molecule has 0 radical (unpaired) electrons. The van der Waals surface area contributed by atoms with E-state index in [1.165, 1.54) is 59.2 Å². The standard InChI is InChI=1S/C61H70F2N10O9S2/c1-36-56(77)70-50(27-37-12-16-44(74)17-13-37)60(81)72-23-2-5-52(72)58(79)65-22-26-84-35-39-10-8-38(9-11-39)34-83-25-4-7-54(75)64-21-20-55(76)69-49(28-40-32-66-47-18-14-42(62)30-45(40)47)57(78)71-51(61(82)73-24-3-6-53(73)59(80)68-36)29-41-33-67-48-19-15-43(63)31-46(41)48/h8-19,30-33,36,49-53,66-67,74H,2-7,20-29,34-35H2,1H3,(H,64,75)(H,65,79)(H,68,80)(H,69,76)(H,70,77)(H,71,78)/t36-,49-,50-,51-,52-,53-/m0/s1. The van der Waals surface area contributed by atoms with Crippen LogP contribution in [0.5, 0.6) is 5.75 Å². The molecule has 4 aliphatic rings. The van der Waals surface area contributed by atoms with Crippen LogP contribution in [0.1, 0.15) is 79.7 Å². The van der Waals surface area contributed by atoms with Crippen LogP contribution in [0.2, 0.25) is 0 Å². The van der Waals surface area contributed by atoms with Crippen LogP contribution in [0.15, 0.2) is 97.3 Å². The van der Waals surface area contributed by atoms with Crippen molar-refractivity contribution < 1.29 is 52.2 Å². The normalized spacial score (nSPS) is 23.0. The number of thioether (sulfide) groups is 2. The molecule has 444 valence electrons. The number of nitrogens with zero attached hydrogens (tertiary/aromatic N) is 2. The zero-order chi connectivity index (χ0) is 59.3. The summed E-state index contributed by atoms with van der Waals surface area (Å²) in [7, 11) is 0. The minimum atomic E-state index is -1.41. The second kappa shape index (κ2) is 28.6. The maximum atomic E-state index is 15.1. The number of fused-ring (bicyclic) bond motifs is 30. The molecule has 2 fully saturated rings. The smallest absolute Gasteiger partial charge is 0.246 e. The Bertz CT molecular complexity index is 3360. The highest BCUT2D eigenvalue weighted by atomic mass is 32.2. The lowest BCUT2D eigenvalue weighted by Gasteiger charge is -2.31. The molecule has 0 saturated carbocycles. The average molecular weight is 1190 g/mol. The molecule has 6 atom stereocenters. The SMILES string of the molecule is C[C@@H]1NC(=O)[C@@H]2CCCN2C(=O)[C@H](Cc2c[nH]c3ccc(F)cc23)NC(=O)[C@H](Cc2c[nH]c3ccc(F)cc23)NC(=O)CCNC(=O)CCCSCc2ccc(cc2)CSCCNC(=O)[C@@H]2CCCN2C(=O)[C@H](Cc2ccc(O)cc2)NC1=O. The number of H-pyrrole nitrogens is 2. The number of nitrogens with one attached hydrogen (secondary N) is 8. The van der Waals surface area contributed by atoms with Gasteiger partial charge in [-0.15, -0.1) is 0 Å². The van der Waals surface area contributed by atoms with Gasteiger partial charge in [0, 0.05) is 110 Å². The van der Waals surface area contributed by atoms with Gasteiger partial charge in [0.1, 0.15) is 53.6 Å². The number of aromatic hydroxyl groups is 1. The Balaban J connectivity index is 0.967. The van der Waals surface area contributed by atoms with E-state index in [1.54, 1.807) is 54.1 Å². The molecule has 2 aromatic heterocycles. The highest BCUT2D eigenvalue weighted by Gasteiger charge is 2.41. The first kappa shape index (κ1) is 60.7. The monoisotopic (exact) mass is 1190 g/mol. The van der Waals surface area contributed by atoms with Gasteiger partial charge in [-0.05, 0) is 121 Å². The molecular formula is C61H70F2N10O9S2. The van der Waals surface area contributed by atoms with Crippen molar-refractivity contribution in [2.75, 3.05) is 37.7 Å². The summed E-state index contributed by atoms with van der Waals surface area (Å²) in [6.07, 6.45) is 5.01. The zero-order valence-corrected chi connectivity index (χ0v) is 48.2. The van der Waals surface area contributed by atoms with Gasteiger partial charge in [-0.2, -0.15) is 23.5 Å². The van der Waals surface area contributed by atoms with Crippen molar-refractivity contribution >= 4 is 92.6 Å². The van der Waals surface area contributed by atoms with Crippen molar-refractivity contribution in [3.63, 3.8) is 0 Å². The molecule has 10 rings (SSSR count). The molecule has 2 saturated heterocycles. The fraction of sp³-hybridized carbons (Fsp3) is 0.410. The molecule has 84 heavy (non-hydrogen) atoms. The average Bonchev–Trinajstić information content (AvgIpc) is 3.72. The number of aromatic amines is 2. The van der Waals surface area contributed by atoms with E-state index in [1.807, 2.05) is 0 Å². The predicted octanol–water partition coefficient (Wildman–Crippen LogP) is 5.18. The minimum Gasteiger partial charge on any atom is -0.508 e. The van der Waals surface area contributed by atoms with Gasteiger partial charge in [-0.3, -0.25) is 38.4 Å². The fourth-order valence-electron chi connectivity index (χ4n) is 11.0. The number of halogens is 2. The number of phenols is 1. The third-order valence-electron chi connectivity index (χ3n) is 15.5. The summed E-state index contributed by atoms with van der Waals surface area (Å²) in [4.78, 5) is 122. The molecule has 4 aromatic carbocycles. The molecule has 0 unspecified atom stereocenters. The molecule has 23 heteroatoms. The lowest BCUT2D eigenvalue weighted by atomic mass is 10.0. The quantitative estimate of drug-likeness (QED) is 0.105. The summed E-state index contributed by atoms with van der Waals surface area (Å²) in [5.41, 5.74) is 4.94. The van der Waals surface area contributed by atoms with E-state index in [2.05, 4.69) is 66.1 Å². The third kappa shape index (κ3) is 15.8. The zero-order valence-electron chi connectivity index (χ0n) is 46.6. The van der Waals surface area contributed by atoms with Crippen LogP contribution in [0.3, 0.4) is 0 Å². The fourth-order valence-corrected chi connectivity index (χ4v) is 12.7. The summed E-state index contributed by atoms with van der Waals surface area (Å²) >= 11 is 3.36. The number of phenolic OH excluding ortho intramolecular Hbond substituents is 1. The Morgan fingerprint density at radius 2 is 1.08 bits per heavy atom. The van der Waals surface area contributed by atoms with Gasteiger partial charge < -0.3 is 56.8 Å². The van der Waals surface area contributed by atoms with E-state index in [-0.39, 0.29) is 75.7 Å². The van der Waals surface area contributed by atoms with E-state index in [0.717, 1.165) is 28.4 Å². The van der Waals surface area contributed by atoms with E-state index in [0.29, 0.717) is 76.5 Å². The molecule has 0 aliphatic carbocycles. The van der Waals surface area contributed by atoms with Crippen LogP contribution in [0, 0.1) is 11.6 Å². The van der Waals surface area contributed by atoms with Crippen LogP contribution in [0.25, 0.3) is 21.8 Å². The Kier molecular flexibility index (Phi) is 20.6. The van der Waals surface area contributed by atoms with E-state index in [9.17, 15) is 47.4 Å². The number of carbonyl (C=O) groups is 8. The van der Waals surface area contributed by atoms with Gasteiger partial charge in [0.05, 0.1) is 0 Å². The lowest BCUT2D eigenvalue weighted by molar-refractivity contribution is -0.143. The predicted molar refractivity (Wildman–Crippen MR) is 317 cm³/mol. The number of hydrogen-bond acceptors (Lipinski definition) is 11. The number of amides is 8. The minimum absolute atomic E-state index is 0.00299. The topological polar surface area (TPSA) is 267 Å². The Morgan fingerprint density at radius 3 is 1.69 bits per heavy atom. The highest BCUT2D eigenvalue weighted by molar-refractivity contribution is 7.98. The number of benzene rings is 4. The second-order valence-corrected chi connectivity index (χ2v) is 23.8. The number of carbonyl (C=O) groups excluding carboxylic acids is 8. The maximum Gasteiger partial charge on any atom is 0.246 e. The number of hydrogen-bond donors (Lipinski definition) is 9. The first-order chi connectivity index (χ1) is 40.6. The Morgan fingerprint density at radius 1 is 0.536 bits per heavy atom. The van der Waals surface area contributed by atoms with Crippen molar-refractivity contribution in [2.24, 2.45) is 0 Å². The third-order valence-corrected chi connectivity index (χ3v) is 17.6. The molecule has 19 nitrogen and oxygen atoms in total. The van der Waals surface area contributed by atoms with Gasteiger partial charge >= 0.3 is 0 Å².